The molecule has 0 aromatic heterocycles. The van der Waals surface area contributed by atoms with Gasteiger partial charge in [0.15, 0.2) is 17.8 Å². The fourth-order valence-electron chi connectivity index (χ4n) is 0.814. The molecule has 3 nitrogen and oxygen atoms in total. The SMILES string of the molecule is N#CNC(=O)CSc1ccc(F)c(F)c1. The van der Waals surface area contributed by atoms with Crippen LogP contribution >= 0.6 is 11.8 Å². The van der Waals surface area contributed by atoms with Crippen LogP contribution in [-0.2, 0) is 4.79 Å². The summed E-state index contributed by atoms with van der Waals surface area (Å²) in [7, 11) is 0. The van der Waals surface area contributed by atoms with Crippen molar-refractivity contribution in [2.75, 3.05) is 5.75 Å². The molecule has 0 spiro atoms. The van der Waals surface area contributed by atoms with Gasteiger partial charge in [0.2, 0.25) is 5.91 Å². The zero-order chi connectivity index (χ0) is 11.3. The molecular weight excluding hydrogens is 222 g/mol. The first kappa shape index (κ1) is 11.5. The Kier molecular flexibility index (Phi) is 4.06. The standard InChI is InChI=1S/C9H6F2N2OS/c10-7-2-1-6(3-8(7)11)15-4-9(14)13-5-12/h1-3H,4H2,(H,13,14). The average Bonchev–Trinajstić information content (AvgIpc) is 2.20. The molecule has 0 atom stereocenters. The molecule has 1 amide bonds. The maximum absolute atomic E-state index is 12.7. The van der Waals surface area contributed by atoms with E-state index < -0.39 is 17.5 Å². The highest BCUT2D eigenvalue weighted by atomic mass is 32.2. The number of amides is 1. The molecule has 15 heavy (non-hydrogen) atoms. The Labute approximate surface area is 89.1 Å². The molecule has 0 aliphatic carbocycles. The molecule has 1 N–H and O–H groups in total. The topological polar surface area (TPSA) is 52.9 Å². The van der Waals surface area contributed by atoms with E-state index in [4.69, 9.17) is 5.26 Å². The van der Waals surface area contributed by atoms with Gasteiger partial charge in [-0.05, 0) is 18.2 Å². The van der Waals surface area contributed by atoms with E-state index in [0.717, 1.165) is 23.9 Å². The second kappa shape index (κ2) is 5.32. The Morgan fingerprint density at radius 3 is 2.80 bits per heavy atom. The van der Waals surface area contributed by atoms with Gasteiger partial charge in [-0.25, -0.2) is 8.78 Å². The number of benzene rings is 1. The van der Waals surface area contributed by atoms with Crippen LogP contribution in [-0.4, -0.2) is 11.7 Å². The molecule has 1 aromatic rings. The van der Waals surface area contributed by atoms with E-state index in [-0.39, 0.29) is 5.75 Å². The maximum Gasteiger partial charge on any atom is 0.243 e. The molecular formula is C9H6F2N2OS. The number of hydrogen-bond acceptors (Lipinski definition) is 3. The van der Waals surface area contributed by atoms with Gasteiger partial charge in [0.25, 0.3) is 0 Å². The van der Waals surface area contributed by atoms with Crippen LogP contribution in [0.25, 0.3) is 0 Å². The van der Waals surface area contributed by atoms with Gasteiger partial charge >= 0.3 is 0 Å². The summed E-state index contributed by atoms with van der Waals surface area (Å²) in [6, 6.07) is 3.35. The lowest BCUT2D eigenvalue weighted by Gasteiger charge is -2.00. The summed E-state index contributed by atoms with van der Waals surface area (Å²) in [6.07, 6.45) is 1.48. The number of rotatable bonds is 3. The quantitative estimate of drug-likeness (QED) is 0.486. The minimum Gasteiger partial charge on any atom is -0.273 e. The molecule has 0 unspecified atom stereocenters. The minimum absolute atomic E-state index is 0.0152. The van der Waals surface area contributed by atoms with Crippen LogP contribution in [0.15, 0.2) is 23.1 Å². The molecule has 0 saturated heterocycles. The number of nitrogens with one attached hydrogen (secondary N) is 1. The number of carbonyl (C=O) groups is 1. The molecule has 0 aliphatic heterocycles. The number of carbonyl (C=O) groups excluding carboxylic acids is 1. The smallest absolute Gasteiger partial charge is 0.243 e. The normalized spacial score (nSPS) is 9.40. The summed E-state index contributed by atoms with van der Waals surface area (Å²) < 4.78 is 25.2. The highest BCUT2D eigenvalue weighted by Crippen LogP contribution is 2.19. The average molecular weight is 228 g/mol. The number of thioether (sulfide) groups is 1. The molecule has 1 rings (SSSR count). The van der Waals surface area contributed by atoms with Crippen molar-refractivity contribution in [2.24, 2.45) is 0 Å². The van der Waals surface area contributed by atoms with Crippen molar-refractivity contribution in [3.8, 4) is 6.19 Å². The predicted octanol–water partition coefficient (Wildman–Crippen LogP) is 1.65. The van der Waals surface area contributed by atoms with Crippen molar-refractivity contribution in [3.05, 3.63) is 29.8 Å². The van der Waals surface area contributed by atoms with Crippen LogP contribution in [0.2, 0.25) is 0 Å². The van der Waals surface area contributed by atoms with Gasteiger partial charge in [0.05, 0.1) is 5.75 Å². The molecule has 6 heteroatoms. The first-order valence-electron chi connectivity index (χ1n) is 3.89. The van der Waals surface area contributed by atoms with Gasteiger partial charge in [-0.3, -0.25) is 10.1 Å². The summed E-state index contributed by atoms with van der Waals surface area (Å²) in [5, 5.41) is 10.0. The van der Waals surface area contributed by atoms with Gasteiger partial charge in [-0.2, -0.15) is 5.26 Å². The Balaban J connectivity index is 2.55. The summed E-state index contributed by atoms with van der Waals surface area (Å²) >= 11 is 1.02. The summed E-state index contributed by atoms with van der Waals surface area (Å²) in [4.78, 5) is 11.3. The van der Waals surface area contributed by atoms with Gasteiger partial charge in [0, 0.05) is 4.90 Å². The molecule has 0 radical (unpaired) electrons. The summed E-state index contributed by atoms with van der Waals surface area (Å²) in [5.74, 6) is -2.38. The minimum atomic E-state index is -0.958. The van der Waals surface area contributed by atoms with Gasteiger partial charge < -0.3 is 0 Å². The lowest BCUT2D eigenvalue weighted by atomic mass is 10.3. The zero-order valence-corrected chi connectivity index (χ0v) is 8.28. The van der Waals surface area contributed by atoms with Gasteiger partial charge in [-0.1, -0.05) is 0 Å². The fraction of sp³-hybridized carbons (Fsp3) is 0.111. The summed E-state index contributed by atoms with van der Waals surface area (Å²) in [6.45, 7) is 0. The van der Waals surface area contributed by atoms with Crippen LogP contribution in [0.3, 0.4) is 0 Å². The lowest BCUT2D eigenvalue weighted by Crippen LogP contribution is -2.19. The molecule has 1 aromatic carbocycles. The van der Waals surface area contributed by atoms with E-state index in [9.17, 15) is 13.6 Å². The number of nitriles is 1. The summed E-state index contributed by atoms with van der Waals surface area (Å²) in [5.41, 5.74) is 0. The first-order chi connectivity index (χ1) is 7.13. The van der Waals surface area contributed by atoms with Crippen molar-refractivity contribution in [2.45, 2.75) is 4.90 Å². The van der Waals surface area contributed by atoms with Crippen LogP contribution in [0, 0.1) is 23.1 Å². The van der Waals surface area contributed by atoms with E-state index in [1.165, 1.54) is 12.3 Å². The van der Waals surface area contributed by atoms with Gasteiger partial charge in [-0.15, -0.1) is 11.8 Å². The molecule has 78 valence electrons. The lowest BCUT2D eigenvalue weighted by molar-refractivity contribution is -0.117. The number of halogens is 2. The highest BCUT2D eigenvalue weighted by molar-refractivity contribution is 8.00. The van der Waals surface area contributed by atoms with E-state index in [0.29, 0.717) is 4.90 Å². The molecule has 0 aliphatic rings. The molecule has 0 heterocycles. The molecule has 0 bridgehead atoms. The van der Waals surface area contributed by atoms with Crippen molar-refractivity contribution in [3.63, 3.8) is 0 Å². The Morgan fingerprint density at radius 2 is 2.20 bits per heavy atom. The van der Waals surface area contributed by atoms with E-state index in [1.807, 2.05) is 5.32 Å². The zero-order valence-electron chi connectivity index (χ0n) is 7.46. The van der Waals surface area contributed by atoms with Crippen molar-refractivity contribution < 1.29 is 13.6 Å². The van der Waals surface area contributed by atoms with Crippen molar-refractivity contribution in [1.29, 1.82) is 5.26 Å². The van der Waals surface area contributed by atoms with E-state index in [1.54, 1.807) is 0 Å². The van der Waals surface area contributed by atoms with Crippen molar-refractivity contribution >= 4 is 17.7 Å². The Bertz CT molecular complexity index is 417. The van der Waals surface area contributed by atoms with E-state index >= 15 is 0 Å². The highest BCUT2D eigenvalue weighted by Gasteiger charge is 2.05. The second-order valence-electron chi connectivity index (χ2n) is 2.52. The van der Waals surface area contributed by atoms with E-state index in [2.05, 4.69) is 0 Å². The monoisotopic (exact) mass is 228 g/mol. The van der Waals surface area contributed by atoms with Gasteiger partial charge in [0.1, 0.15) is 0 Å². The van der Waals surface area contributed by atoms with Crippen molar-refractivity contribution in [1.82, 2.24) is 5.32 Å². The van der Waals surface area contributed by atoms with Crippen LogP contribution < -0.4 is 5.32 Å². The van der Waals surface area contributed by atoms with Crippen LogP contribution in [0.4, 0.5) is 8.78 Å². The third kappa shape index (κ3) is 3.56. The van der Waals surface area contributed by atoms with Crippen LogP contribution in [0.1, 0.15) is 0 Å². The molecule has 0 fully saturated rings. The predicted molar refractivity (Wildman–Crippen MR) is 50.8 cm³/mol. The molecule has 0 saturated carbocycles. The van der Waals surface area contributed by atoms with Crippen LogP contribution in [0.5, 0.6) is 0 Å². The third-order valence-electron chi connectivity index (χ3n) is 1.46. The largest absolute Gasteiger partial charge is 0.273 e. The maximum atomic E-state index is 12.7. The Hall–Kier alpha value is -1.61. The second-order valence-corrected chi connectivity index (χ2v) is 3.57. The first-order valence-corrected chi connectivity index (χ1v) is 4.88. The number of nitrogens with zero attached hydrogens (tertiary/aromatic N) is 1. The fourth-order valence-corrected chi connectivity index (χ4v) is 1.53. The third-order valence-corrected chi connectivity index (χ3v) is 2.45. The number of hydrogen-bond donors (Lipinski definition) is 1. The Morgan fingerprint density at radius 1 is 1.47 bits per heavy atom.